The summed E-state index contributed by atoms with van der Waals surface area (Å²) in [6.07, 6.45) is 7.44. The second-order valence-electron chi connectivity index (χ2n) is 5.99. The summed E-state index contributed by atoms with van der Waals surface area (Å²) in [5, 5.41) is 2.56. The lowest BCUT2D eigenvalue weighted by molar-refractivity contribution is -0.130. The van der Waals surface area contributed by atoms with Crippen molar-refractivity contribution in [3.63, 3.8) is 0 Å². The molecule has 0 spiro atoms. The number of nitrogens with one attached hydrogen (secondary N) is 1. The molecule has 1 fully saturated rings. The van der Waals surface area contributed by atoms with Gasteiger partial charge in [-0.3, -0.25) is 14.9 Å². The Kier molecular flexibility index (Phi) is 6.02. The van der Waals surface area contributed by atoms with E-state index in [0.717, 1.165) is 25.7 Å². The number of rotatable bonds is 8. The van der Waals surface area contributed by atoms with Gasteiger partial charge in [0.05, 0.1) is 11.3 Å². The van der Waals surface area contributed by atoms with E-state index in [0.29, 0.717) is 5.92 Å². The molecule has 0 aliphatic carbocycles. The predicted octanol–water partition coefficient (Wildman–Crippen LogP) is 3.67. The first-order chi connectivity index (χ1) is 9.03. The Hall–Kier alpha value is -0.860. The second-order valence-corrected chi connectivity index (χ2v) is 5.99. The molecule has 0 saturated carbocycles. The van der Waals surface area contributed by atoms with Gasteiger partial charge in [0.2, 0.25) is 11.8 Å². The van der Waals surface area contributed by atoms with Crippen LogP contribution in [0, 0.1) is 17.3 Å². The van der Waals surface area contributed by atoms with E-state index in [9.17, 15) is 9.59 Å². The molecule has 0 radical (unpaired) electrons. The molecule has 1 N–H and O–H groups in total. The molecular formula is C16H29NO2. The van der Waals surface area contributed by atoms with Crippen molar-refractivity contribution in [2.45, 2.75) is 72.6 Å². The SMILES string of the molecule is CCCCCCC(C)C1C(=O)NC(=O)C1(CC)CC. The average Bonchev–Trinajstić information content (AvgIpc) is 2.65. The number of amides is 2. The van der Waals surface area contributed by atoms with E-state index in [1.807, 2.05) is 13.8 Å². The lowest BCUT2D eigenvalue weighted by Gasteiger charge is -2.32. The highest BCUT2D eigenvalue weighted by Crippen LogP contribution is 2.45. The van der Waals surface area contributed by atoms with Crippen LogP contribution in [-0.4, -0.2) is 11.8 Å². The average molecular weight is 267 g/mol. The third-order valence-corrected chi connectivity index (χ3v) is 4.91. The van der Waals surface area contributed by atoms with Crippen LogP contribution in [-0.2, 0) is 9.59 Å². The minimum atomic E-state index is -0.457. The molecule has 1 heterocycles. The summed E-state index contributed by atoms with van der Waals surface area (Å²) in [4.78, 5) is 24.2. The van der Waals surface area contributed by atoms with Crippen molar-refractivity contribution in [1.29, 1.82) is 0 Å². The minimum absolute atomic E-state index is 0.0447. The molecule has 1 aliphatic rings. The number of imide groups is 1. The summed E-state index contributed by atoms with van der Waals surface area (Å²) in [5.41, 5.74) is -0.457. The van der Waals surface area contributed by atoms with Crippen molar-refractivity contribution in [3.05, 3.63) is 0 Å². The van der Waals surface area contributed by atoms with E-state index < -0.39 is 5.41 Å². The lowest BCUT2D eigenvalue weighted by Crippen LogP contribution is -2.37. The van der Waals surface area contributed by atoms with E-state index in [1.165, 1.54) is 19.3 Å². The van der Waals surface area contributed by atoms with Crippen LogP contribution in [0.3, 0.4) is 0 Å². The van der Waals surface area contributed by atoms with Gasteiger partial charge in [-0.1, -0.05) is 53.4 Å². The summed E-state index contributed by atoms with van der Waals surface area (Å²) < 4.78 is 0. The van der Waals surface area contributed by atoms with Crippen LogP contribution in [0.25, 0.3) is 0 Å². The number of hydrogen-bond acceptors (Lipinski definition) is 2. The zero-order valence-corrected chi connectivity index (χ0v) is 12.9. The molecule has 1 aliphatic heterocycles. The van der Waals surface area contributed by atoms with Crippen molar-refractivity contribution in [1.82, 2.24) is 5.32 Å². The van der Waals surface area contributed by atoms with Crippen molar-refractivity contribution < 1.29 is 9.59 Å². The summed E-state index contributed by atoms with van der Waals surface area (Å²) in [6, 6.07) is 0. The maximum atomic E-state index is 12.1. The van der Waals surface area contributed by atoms with Gasteiger partial charge in [-0.05, 0) is 25.2 Å². The highest BCUT2D eigenvalue weighted by Gasteiger charge is 2.54. The Balaban J connectivity index is 2.72. The monoisotopic (exact) mass is 267 g/mol. The molecule has 3 nitrogen and oxygen atoms in total. The van der Waals surface area contributed by atoms with Gasteiger partial charge in [0.1, 0.15) is 0 Å². The van der Waals surface area contributed by atoms with Crippen molar-refractivity contribution in [2.75, 3.05) is 0 Å². The maximum Gasteiger partial charge on any atom is 0.233 e. The highest BCUT2D eigenvalue weighted by atomic mass is 16.2. The van der Waals surface area contributed by atoms with Gasteiger partial charge < -0.3 is 0 Å². The van der Waals surface area contributed by atoms with E-state index in [2.05, 4.69) is 19.2 Å². The maximum absolute atomic E-state index is 12.1. The Morgan fingerprint density at radius 1 is 1.11 bits per heavy atom. The van der Waals surface area contributed by atoms with Crippen molar-refractivity contribution >= 4 is 11.8 Å². The third-order valence-electron chi connectivity index (χ3n) is 4.91. The Labute approximate surface area is 117 Å². The number of carbonyl (C=O) groups excluding carboxylic acids is 2. The van der Waals surface area contributed by atoms with Crippen molar-refractivity contribution in [2.24, 2.45) is 17.3 Å². The van der Waals surface area contributed by atoms with Crippen LogP contribution in [0.5, 0.6) is 0 Å². The summed E-state index contributed by atoms with van der Waals surface area (Å²) in [5.74, 6) is 0.0735. The van der Waals surface area contributed by atoms with Crippen LogP contribution in [0.4, 0.5) is 0 Å². The molecule has 2 amide bonds. The number of carbonyl (C=O) groups is 2. The molecule has 0 aromatic rings. The third kappa shape index (κ3) is 3.18. The summed E-state index contributed by atoms with van der Waals surface area (Å²) in [6.45, 7) is 8.39. The molecule has 1 saturated heterocycles. The summed E-state index contributed by atoms with van der Waals surface area (Å²) in [7, 11) is 0. The Morgan fingerprint density at radius 2 is 1.74 bits per heavy atom. The predicted molar refractivity (Wildman–Crippen MR) is 77.6 cm³/mol. The molecule has 0 bridgehead atoms. The van der Waals surface area contributed by atoms with Crippen LogP contribution < -0.4 is 5.32 Å². The molecule has 110 valence electrons. The van der Waals surface area contributed by atoms with Gasteiger partial charge in [-0.2, -0.15) is 0 Å². The Morgan fingerprint density at radius 3 is 2.26 bits per heavy atom. The molecule has 19 heavy (non-hydrogen) atoms. The van der Waals surface area contributed by atoms with Crippen LogP contribution in [0.1, 0.15) is 72.6 Å². The molecule has 2 atom stereocenters. The van der Waals surface area contributed by atoms with Gasteiger partial charge in [0.25, 0.3) is 0 Å². The highest BCUT2D eigenvalue weighted by molar-refractivity contribution is 6.07. The molecule has 0 aromatic heterocycles. The fourth-order valence-corrected chi connectivity index (χ4v) is 3.58. The molecule has 3 heteroatoms. The van der Waals surface area contributed by atoms with Gasteiger partial charge in [-0.15, -0.1) is 0 Å². The van der Waals surface area contributed by atoms with Gasteiger partial charge in [0, 0.05) is 0 Å². The molecule has 1 rings (SSSR count). The number of unbranched alkanes of at least 4 members (excludes halogenated alkanes) is 3. The normalized spacial score (nSPS) is 23.5. The van der Waals surface area contributed by atoms with Gasteiger partial charge in [0.15, 0.2) is 0 Å². The first kappa shape index (κ1) is 16.2. The zero-order chi connectivity index (χ0) is 14.5. The lowest BCUT2D eigenvalue weighted by atomic mass is 9.67. The van der Waals surface area contributed by atoms with Crippen LogP contribution in [0.2, 0.25) is 0 Å². The van der Waals surface area contributed by atoms with Crippen LogP contribution >= 0.6 is 0 Å². The van der Waals surface area contributed by atoms with E-state index >= 15 is 0 Å². The quantitative estimate of drug-likeness (QED) is 0.539. The molecular weight excluding hydrogens is 238 g/mol. The van der Waals surface area contributed by atoms with Crippen molar-refractivity contribution in [3.8, 4) is 0 Å². The first-order valence-electron chi connectivity index (χ1n) is 7.88. The molecule has 2 unspecified atom stereocenters. The number of hydrogen-bond donors (Lipinski definition) is 1. The van der Waals surface area contributed by atoms with E-state index in [-0.39, 0.29) is 17.7 Å². The first-order valence-corrected chi connectivity index (χ1v) is 7.88. The second kappa shape index (κ2) is 7.06. The standard InChI is InChI=1S/C16H29NO2/c1-5-8-9-10-11-12(4)13-14(18)17-15(19)16(13,6-2)7-3/h12-13H,5-11H2,1-4H3,(H,17,18,19). The smallest absolute Gasteiger partial charge is 0.233 e. The topological polar surface area (TPSA) is 46.2 Å². The fourth-order valence-electron chi connectivity index (χ4n) is 3.58. The molecule has 0 aromatic carbocycles. The zero-order valence-electron chi connectivity index (χ0n) is 12.9. The Bertz CT molecular complexity index is 321. The largest absolute Gasteiger partial charge is 0.296 e. The van der Waals surface area contributed by atoms with E-state index in [4.69, 9.17) is 0 Å². The fraction of sp³-hybridized carbons (Fsp3) is 0.875. The summed E-state index contributed by atoms with van der Waals surface area (Å²) >= 11 is 0. The van der Waals surface area contributed by atoms with Gasteiger partial charge in [-0.25, -0.2) is 0 Å². The van der Waals surface area contributed by atoms with Crippen LogP contribution in [0.15, 0.2) is 0 Å². The van der Waals surface area contributed by atoms with E-state index in [1.54, 1.807) is 0 Å². The van der Waals surface area contributed by atoms with Gasteiger partial charge >= 0.3 is 0 Å². The minimum Gasteiger partial charge on any atom is -0.296 e.